The molecule has 0 saturated carbocycles. The van der Waals surface area contributed by atoms with Gasteiger partial charge in [0, 0.05) is 5.88 Å². The summed E-state index contributed by atoms with van der Waals surface area (Å²) in [6.45, 7) is 15.8. The van der Waals surface area contributed by atoms with E-state index in [0.29, 0.717) is 11.8 Å². The van der Waals surface area contributed by atoms with Gasteiger partial charge in [-0.15, -0.1) is 11.6 Å². The maximum atomic E-state index is 6.36. The van der Waals surface area contributed by atoms with Gasteiger partial charge < -0.3 is 4.43 Å². The Kier molecular flexibility index (Phi) is 6.30. The van der Waals surface area contributed by atoms with E-state index in [-0.39, 0.29) is 11.1 Å². The molecule has 0 aliphatic rings. The van der Waals surface area contributed by atoms with Crippen LogP contribution in [0, 0.1) is 5.92 Å². The SMILES string of the molecule is CC(C)C(/C=C/CCl)O[Si](C)(C)C(C)(C)C. The number of allylic oxidation sites excluding steroid dienone is 1. The minimum atomic E-state index is -1.68. The summed E-state index contributed by atoms with van der Waals surface area (Å²) in [6.07, 6.45) is 4.29. The number of halogens is 1. The molecule has 0 heterocycles. The van der Waals surface area contributed by atoms with Crippen molar-refractivity contribution in [3.63, 3.8) is 0 Å². The first-order valence-corrected chi connectivity index (χ1v) is 9.46. The zero-order valence-corrected chi connectivity index (χ0v) is 13.6. The first-order valence-electron chi connectivity index (χ1n) is 6.02. The molecule has 0 aromatic rings. The third-order valence-electron chi connectivity index (χ3n) is 3.31. The third kappa shape index (κ3) is 5.02. The van der Waals surface area contributed by atoms with Crippen molar-refractivity contribution in [3.05, 3.63) is 12.2 Å². The summed E-state index contributed by atoms with van der Waals surface area (Å²) < 4.78 is 6.36. The van der Waals surface area contributed by atoms with Gasteiger partial charge in [-0.05, 0) is 24.1 Å². The molecule has 1 atom stereocenters. The highest BCUT2D eigenvalue weighted by molar-refractivity contribution is 6.74. The van der Waals surface area contributed by atoms with Crippen LogP contribution in [0.5, 0.6) is 0 Å². The van der Waals surface area contributed by atoms with Crippen molar-refractivity contribution in [2.75, 3.05) is 5.88 Å². The monoisotopic (exact) mass is 262 g/mol. The summed E-state index contributed by atoms with van der Waals surface area (Å²) in [5.41, 5.74) is 0. The second kappa shape index (κ2) is 6.22. The zero-order chi connectivity index (χ0) is 13.0. The topological polar surface area (TPSA) is 9.23 Å². The standard InChI is InChI=1S/C13H27ClOSi/c1-11(2)12(9-8-10-14)15-16(6,7)13(3,4)5/h8-9,11-12H,10H2,1-7H3/b9-8+. The van der Waals surface area contributed by atoms with Gasteiger partial charge in [0.25, 0.3) is 0 Å². The molecule has 0 aliphatic heterocycles. The molecular formula is C13H27ClOSi. The normalized spacial score (nSPS) is 16.1. The molecule has 1 unspecified atom stereocenters. The molecule has 0 aliphatic carbocycles. The van der Waals surface area contributed by atoms with Crippen LogP contribution in [0.4, 0.5) is 0 Å². The van der Waals surface area contributed by atoms with Crippen LogP contribution in [0.2, 0.25) is 18.1 Å². The van der Waals surface area contributed by atoms with Crippen LogP contribution in [-0.4, -0.2) is 20.3 Å². The predicted molar refractivity (Wildman–Crippen MR) is 76.8 cm³/mol. The minimum absolute atomic E-state index is 0.194. The molecule has 96 valence electrons. The van der Waals surface area contributed by atoms with Crippen molar-refractivity contribution in [3.8, 4) is 0 Å². The highest BCUT2D eigenvalue weighted by Crippen LogP contribution is 2.38. The average Bonchev–Trinajstić information content (AvgIpc) is 2.09. The van der Waals surface area contributed by atoms with Gasteiger partial charge in [0.05, 0.1) is 6.10 Å². The Morgan fingerprint density at radius 1 is 1.25 bits per heavy atom. The predicted octanol–water partition coefficient (Wildman–Crippen LogP) is 4.83. The molecule has 0 radical (unpaired) electrons. The molecule has 0 bridgehead atoms. The molecule has 0 N–H and O–H groups in total. The van der Waals surface area contributed by atoms with Crippen LogP contribution < -0.4 is 0 Å². The summed E-state index contributed by atoms with van der Waals surface area (Å²) in [4.78, 5) is 0. The Labute approximate surface area is 107 Å². The van der Waals surface area contributed by atoms with Crippen molar-refractivity contribution in [2.24, 2.45) is 5.92 Å². The lowest BCUT2D eigenvalue weighted by Gasteiger charge is -2.39. The van der Waals surface area contributed by atoms with Crippen LogP contribution in [0.1, 0.15) is 34.6 Å². The zero-order valence-electron chi connectivity index (χ0n) is 11.8. The maximum absolute atomic E-state index is 6.36. The smallest absolute Gasteiger partial charge is 0.192 e. The molecule has 0 amide bonds. The van der Waals surface area contributed by atoms with Gasteiger partial charge in [0.15, 0.2) is 8.32 Å². The molecular weight excluding hydrogens is 236 g/mol. The molecule has 16 heavy (non-hydrogen) atoms. The second-order valence-electron chi connectivity index (χ2n) is 6.17. The largest absolute Gasteiger partial charge is 0.410 e. The Morgan fingerprint density at radius 2 is 1.75 bits per heavy atom. The average molecular weight is 263 g/mol. The van der Waals surface area contributed by atoms with E-state index >= 15 is 0 Å². The van der Waals surface area contributed by atoms with Crippen LogP contribution in [0.3, 0.4) is 0 Å². The lowest BCUT2D eigenvalue weighted by molar-refractivity contribution is 0.177. The summed E-state index contributed by atoms with van der Waals surface area (Å²) in [5, 5.41) is 0.259. The van der Waals surface area contributed by atoms with E-state index < -0.39 is 8.32 Å². The Balaban J connectivity index is 4.69. The van der Waals surface area contributed by atoms with Gasteiger partial charge >= 0.3 is 0 Å². The molecule has 0 fully saturated rings. The molecule has 0 spiro atoms. The van der Waals surface area contributed by atoms with Crippen LogP contribution in [0.15, 0.2) is 12.2 Å². The molecule has 1 nitrogen and oxygen atoms in total. The molecule has 0 rings (SSSR count). The number of rotatable bonds is 5. The fourth-order valence-electron chi connectivity index (χ4n) is 1.10. The summed E-state index contributed by atoms with van der Waals surface area (Å²) in [5.74, 6) is 1.05. The Morgan fingerprint density at radius 3 is 2.06 bits per heavy atom. The highest BCUT2D eigenvalue weighted by Gasteiger charge is 2.39. The lowest BCUT2D eigenvalue weighted by atomic mass is 10.1. The van der Waals surface area contributed by atoms with E-state index in [9.17, 15) is 0 Å². The lowest BCUT2D eigenvalue weighted by Crippen LogP contribution is -2.44. The van der Waals surface area contributed by atoms with Crippen molar-refractivity contribution < 1.29 is 4.43 Å². The van der Waals surface area contributed by atoms with E-state index in [2.05, 4.69) is 53.8 Å². The first-order chi connectivity index (χ1) is 7.12. The van der Waals surface area contributed by atoms with Crippen LogP contribution in [0.25, 0.3) is 0 Å². The van der Waals surface area contributed by atoms with E-state index in [0.717, 1.165) is 0 Å². The van der Waals surface area contributed by atoms with E-state index in [1.807, 2.05) is 6.08 Å². The molecule has 0 aromatic heterocycles. The van der Waals surface area contributed by atoms with Crippen molar-refractivity contribution in [1.29, 1.82) is 0 Å². The molecule has 0 saturated heterocycles. The maximum Gasteiger partial charge on any atom is 0.192 e. The van der Waals surface area contributed by atoms with Crippen molar-refractivity contribution in [1.82, 2.24) is 0 Å². The van der Waals surface area contributed by atoms with Gasteiger partial charge in [0.2, 0.25) is 0 Å². The van der Waals surface area contributed by atoms with Gasteiger partial charge in [-0.3, -0.25) is 0 Å². The fourth-order valence-corrected chi connectivity index (χ4v) is 2.59. The van der Waals surface area contributed by atoms with E-state index in [1.54, 1.807) is 0 Å². The summed E-state index contributed by atoms with van der Waals surface area (Å²) in [6, 6.07) is 0. The van der Waals surface area contributed by atoms with E-state index in [1.165, 1.54) is 0 Å². The van der Waals surface area contributed by atoms with Crippen molar-refractivity contribution in [2.45, 2.75) is 58.9 Å². The van der Waals surface area contributed by atoms with Gasteiger partial charge in [0.1, 0.15) is 0 Å². The Bertz CT molecular complexity index is 229. The van der Waals surface area contributed by atoms with Gasteiger partial charge in [-0.1, -0.05) is 46.8 Å². The van der Waals surface area contributed by atoms with Crippen LogP contribution >= 0.6 is 11.6 Å². The number of alkyl halides is 1. The highest BCUT2D eigenvalue weighted by atomic mass is 35.5. The molecule has 3 heteroatoms. The van der Waals surface area contributed by atoms with Gasteiger partial charge in [-0.25, -0.2) is 0 Å². The van der Waals surface area contributed by atoms with Crippen LogP contribution in [-0.2, 0) is 4.43 Å². The minimum Gasteiger partial charge on any atom is -0.410 e. The first kappa shape index (κ1) is 16.2. The fraction of sp³-hybridized carbons (Fsp3) is 0.846. The summed E-state index contributed by atoms with van der Waals surface area (Å²) >= 11 is 5.68. The number of hydrogen-bond donors (Lipinski definition) is 0. The van der Waals surface area contributed by atoms with E-state index in [4.69, 9.17) is 16.0 Å². The molecule has 0 aromatic carbocycles. The number of hydrogen-bond acceptors (Lipinski definition) is 1. The summed E-state index contributed by atoms with van der Waals surface area (Å²) in [7, 11) is -1.68. The second-order valence-corrected chi connectivity index (χ2v) is 11.2. The van der Waals surface area contributed by atoms with Crippen molar-refractivity contribution >= 4 is 19.9 Å². The third-order valence-corrected chi connectivity index (χ3v) is 7.96. The quantitative estimate of drug-likeness (QED) is 0.392. The Hall–Kier alpha value is 0.207. The van der Waals surface area contributed by atoms with Gasteiger partial charge in [-0.2, -0.15) is 0 Å².